The second-order valence-electron chi connectivity index (χ2n) is 9.51. The summed E-state index contributed by atoms with van der Waals surface area (Å²) in [4.78, 5) is 0. The summed E-state index contributed by atoms with van der Waals surface area (Å²) in [6.45, 7) is 3.74. The quantitative estimate of drug-likeness (QED) is 0.472. The van der Waals surface area contributed by atoms with Gasteiger partial charge in [0.2, 0.25) is 0 Å². The van der Waals surface area contributed by atoms with Crippen LogP contribution in [0, 0.1) is 50.7 Å². The molecule has 6 nitrogen and oxygen atoms in total. The van der Waals surface area contributed by atoms with Gasteiger partial charge in [0.15, 0.2) is 0 Å². The van der Waals surface area contributed by atoms with E-state index in [2.05, 4.69) is 24.3 Å². The van der Waals surface area contributed by atoms with Gasteiger partial charge in [-0.2, -0.15) is 21.0 Å². The molecule has 0 aliphatic heterocycles. The molecule has 2 aromatic carbocycles. The van der Waals surface area contributed by atoms with Crippen LogP contribution in [-0.4, -0.2) is 5.60 Å². The van der Waals surface area contributed by atoms with Gasteiger partial charge in [0, 0.05) is 6.42 Å². The molecule has 0 radical (unpaired) electrons. The Morgan fingerprint density at radius 3 is 2.19 bits per heavy atom. The molecule has 4 rings (SSSR count). The number of allylic oxidation sites excluding steroid dienone is 5. The van der Waals surface area contributed by atoms with Crippen LogP contribution in [0.4, 0.5) is 0 Å². The molecule has 6 heteroatoms. The largest absolute Gasteiger partial charge is 0.483 e. The minimum Gasteiger partial charge on any atom is -0.483 e. The van der Waals surface area contributed by atoms with Crippen LogP contribution in [0.2, 0.25) is 0 Å². The molecular formula is C31H24N4O2. The van der Waals surface area contributed by atoms with E-state index in [0.29, 0.717) is 46.8 Å². The van der Waals surface area contributed by atoms with Crippen molar-refractivity contribution in [3.8, 4) is 35.8 Å². The maximum atomic E-state index is 9.39. The normalized spacial score (nSPS) is 22.2. The first kappa shape index (κ1) is 25.1. The van der Waals surface area contributed by atoms with Crippen LogP contribution in [0.3, 0.4) is 0 Å². The summed E-state index contributed by atoms with van der Waals surface area (Å²) in [5.74, 6) is 1.79. The van der Waals surface area contributed by atoms with E-state index in [1.54, 1.807) is 31.2 Å². The lowest BCUT2D eigenvalue weighted by atomic mass is 9.78. The maximum Gasteiger partial charge on any atom is 0.128 e. The van der Waals surface area contributed by atoms with E-state index in [9.17, 15) is 15.8 Å². The van der Waals surface area contributed by atoms with E-state index in [0.717, 1.165) is 12.0 Å². The lowest BCUT2D eigenvalue weighted by Crippen LogP contribution is -2.30. The van der Waals surface area contributed by atoms with Crippen LogP contribution in [0.1, 0.15) is 43.4 Å². The van der Waals surface area contributed by atoms with Crippen LogP contribution in [0.5, 0.6) is 11.5 Å². The number of ether oxygens (including phenoxy) is 2. The van der Waals surface area contributed by atoms with Gasteiger partial charge in [-0.15, -0.1) is 0 Å². The molecule has 2 unspecified atom stereocenters. The highest BCUT2D eigenvalue weighted by Crippen LogP contribution is 2.36. The molecule has 0 fully saturated rings. The van der Waals surface area contributed by atoms with Crippen LogP contribution in [0.15, 0.2) is 89.8 Å². The Morgan fingerprint density at radius 1 is 0.838 bits per heavy atom. The van der Waals surface area contributed by atoms with Crippen LogP contribution >= 0.6 is 0 Å². The van der Waals surface area contributed by atoms with Gasteiger partial charge in [-0.1, -0.05) is 24.3 Å². The minimum atomic E-state index is -0.810. The Kier molecular flexibility index (Phi) is 6.97. The smallest absolute Gasteiger partial charge is 0.128 e. The first-order valence-electron chi connectivity index (χ1n) is 11.8. The Morgan fingerprint density at radius 2 is 1.57 bits per heavy atom. The summed E-state index contributed by atoms with van der Waals surface area (Å²) < 4.78 is 12.1. The predicted molar refractivity (Wildman–Crippen MR) is 138 cm³/mol. The highest BCUT2D eigenvalue weighted by atomic mass is 16.5. The van der Waals surface area contributed by atoms with Crippen molar-refractivity contribution >= 4 is 0 Å². The second-order valence-corrected chi connectivity index (χ2v) is 9.51. The molecule has 0 saturated heterocycles. The van der Waals surface area contributed by atoms with Crippen molar-refractivity contribution in [1.29, 1.82) is 21.0 Å². The summed E-state index contributed by atoms with van der Waals surface area (Å²) >= 11 is 0. The van der Waals surface area contributed by atoms with Gasteiger partial charge in [0.1, 0.15) is 35.0 Å². The van der Waals surface area contributed by atoms with Crippen molar-refractivity contribution in [2.45, 2.75) is 38.7 Å². The molecule has 0 amide bonds. The van der Waals surface area contributed by atoms with Crippen molar-refractivity contribution in [3.05, 3.63) is 106 Å². The Bertz CT molecular complexity index is 1520. The molecule has 0 N–H and O–H groups in total. The van der Waals surface area contributed by atoms with Gasteiger partial charge in [0.05, 0.1) is 34.3 Å². The summed E-state index contributed by atoms with van der Waals surface area (Å²) in [7, 11) is 0. The first-order valence-corrected chi connectivity index (χ1v) is 11.8. The number of rotatable bonds is 6. The Hall–Kier alpha value is -5.04. The zero-order chi connectivity index (χ0) is 26.5. The highest BCUT2D eigenvalue weighted by molar-refractivity contribution is 5.49. The van der Waals surface area contributed by atoms with E-state index in [-0.39, 0.29) is 0 Å². The van der Waals surface area contributed by atoms with Crippen LogP contribution < -0.4 is 9.47 Å². The standard InChI is InChI=1S/C31H24N4O2/c1-30(21-35)12-11-28(17-26(30)20-34)36-27-6-3-22(4-7-27)15-23-9-13-31(2,14-10-23)37-29-8-5-24(18-32)25(16-29)19-33/h3-11,13,16-17H,12,14-15H2,1-2H3. The highest BCUT2D eigenvalue weighted by Gasteiger charge is 2.31. The molecule has 0 bridgehead atoms. The molecule has 180 valence electrons. The molecular weight excluding hydrogens is 460 g/mol. The summed E-state index contributed by atoms with van der Waals surface area (Å²) in [6.07, 6.45) is 11.6. The SMILES string of the molecule is CC1(Oc2ccc(C#N)c(C#N)c2)C=CC(Cc2ccc(OC3=CCC(C)(C#N)C(C#N)=C3)cc2)=CC1. The van der Waals surface area contributed by atoms with E-state index in [4.69, 9.17) is 14.7 Å². The molecule has 0 aromatic heterocycles. The molecule has 2 atom stereocenters. The third-order valence-corrected chi connectivity index (χ3v) is 6.53. The molecule has 2 aliphatic rings. The van der Waals surface area contributed by atoms with Crippen LogP contribution in [-0.2, 0) is 6.42 Å². The fraction of sp³-hybridized carbons (Fsp3) is 0.226. The average Bonchev–Trinajstić information content (AvgIpc) is 2.92. The zero-order valence-corrected chi connectivity index (χ0v) is 20.7. The van der Waals surface area contributed by atoms with Gasteiger partial charge in [-0.3, -0.25) is 0 Å². The van der Waals surface area contributed by atoms with E-state index in [1.165, 1.54) is 5.57 Å². The predicted octanol–water partition coefficient (Wildman–Crippen LogP) is 6.34. The third-order valence-electron chi connectivity index (χ3n) is 6.53. The van der Waals surface area contributed by atoms with E-state index in [1.807, 2.05) is 55.5 Å². The lowest BCUT2D eigenvalue weighted by Gasteiger charge is -2.29. The van der Waals surface area contributed by atoms with Gasteiger partial charge in [0.25, 0.3) is 0 Å². The molecule has 0 saturated carbocycles. The van der Waals surface area contributed by atoms with Gasteiger partial charge < -0.3 is 9.47 Å². The number of nitriles is 4. The number of benzene rings is 2. The van der Waals surface area contributed by atoms with Crippen molar-refractivity contribution in [3.63, 3.8) is 0 Å². The topological polar surface area (TPSA) is 114 Å². The lowest BCUT2D eigenvalue weighted by molar-refractivity contribution is 0.142. The average molecular weight is 485 g/mol. The molecule has 2 aromatic rings. The van der Waals surface area contributed by atoms with Crippen molar-refractivity contribution in [2.24, 2.45) is 5.41 Å². The molecule has 2 aliphatic carbocycles. The maximum absolute atomic E-state index is 9.39. The number of hydrogen-bond donors (Lipinski definition) is 0. The second kappa shape index (κ2) is 10.3. The summed E-state index contributed by atoms with van der Waals surface area (Å²) in [5.41, 5.74) is 1.97. The monoisotopic (exact) mass is 484 g/mol. The summed E-state index contributed by atoms with van der Waals surface area (Å²) in [6, 6.07) is 21.1. The van der Waals surface area contributed by atoms with E-state index >= 15 is 0 Å². The number of hydrogen-bond acceptors (Lipinski definition) is 6. The fourth-order valence-electron chi connectivity index (χ4n) is 4.16. The van der Waals surface area contributed by atoms with Gasteiger partial charge in [-0.25, -0.2) is 0 Å². The van der Waals surface area contributed by atoms with Crippen LogP contribution in [0.25, 0.3) is 0 Å². The Labute approximate surface area is 216 Å². The molecule has 37 heavy (non-hydrogen) atoms. The first-order chi connectivity index (χ1) is 17.8. The Balaban J connectivity index is 1.36. The van der Waals surface area contributed by atoms with Crippen molar-refractivity contribution in [1.82, 2.24) is 0 Å². The number of nitrogens with zero attached hydrogens (tertiary/aromatic N) is 4. The van der Waals surface area contributed by atoms with Gasteiger partial charge >= 0.3 is 0 Å². The van der Waals surface area contributed by atoms with Gasteiger partial charge in [-0.05, 0) is 86.4 Å². The van der Waals surface area contributed by atoms with Crippen molar-refractivity contribution < 1.29 is 9.47 Å². The summed E-state index contributed by atoms with van der Waals surface area (Å²) in [5, 5.41) is 37.1. The fourth-order valence-corrected chi connectivity index (χ4v) is 4.16. The zero-order valence-electron chi connectivity index (χ0n) is 20.7. The minimum absolute atomic E-state index is 0.300. The van der Waals surface area contributed by atoms with E-state index < -0.39 is 11.0 Å². The van der Waals surface area contributed by atoms with Crippen molar-refractivity contribution in [2.75, 3.05) is 0 Å². The molecule has 0 spiro atoms. The molecule has 0 heterocycles. The third kappa shape index (κ3) is 5.62.